The Hall–Kier alpha value is -1.19. The minimum Gasteiger partial charge on any atom is -0.504 e. The highest BCUT2D eigenvalue weighted by Gasteiger charge is 2.13. The molecule has 18 heavy (non-hydrogen) atoms. The molecule has 0 aliphatic carbocycles. The van der Waals surface area contributed by atoms with Gasteiger partial charge >= 0.3 is 0 Å². The molecule has 0 aromatic heterocycles. The van der Waals surface area contributed by atoms with Crippen LogP contribution in [-0.2, 0) is 11.3 Å². The van der Waals surface area contributed by atoms with Gasteiger partial charge in [0.25, 0.3) is 0 Å². The average molecular weight is 271 g/mol. The maximum atomic E-state index is 9.92. The quantitative estimate of drug-likeness (QED) is 0.785. The lowest BCUT2D eigenvalue weighted by Gasteiger charge is -2.14. The fourth-order valence-electron chi connectivity index (χ4n) is 1.63. The number of phenolic OH excluding ortho intramolecular Hbond substituents is 1. The molecule has 0 heterocycles. The Kier molecular flexibility index (Phi) is 6.02. The molecule has 4 heteroatoms. The SMILES string of the molecule is CC/C=C(\CC)Oc1c(O)cc(Cl)cc1COC. The number of ether oxygens (including phenoxy) is 2. The number of rotatable bonds is 6. The summed E-state index contributed by atoms with van der Waals surface area (Å²) in [7, 11) is 1.59. The first-order chi connectivity index (χ1) is 8.62. The number of hydrogen-bond donors (Lipinski definition) is 1. The van der Waals surface area contributed by atoms with Gasteiger partial charge in [-0.05, 0) is 18.6 Å². The highest BCUT2D eigenvalue weighted by Crippen LogP contribution is 2.35. The minimum atomic E-state index is 0.0324. The predicted octanol–water partition coefficient (Wildman–Crippen LogP) is 4.27. The highest BCUT2D eigenvalue weighted by molar-refractivity contribution is 6.30. The minimum absolute atomic E-state index is 0.0324. The van der Waals surface area contributed by atoms with Gasteiger partial charge in [0.15, 0.2) is 11.5 Å². The molecule has 0 aliphatic heterocycles. The van der Waals surface area contributed by atoms with Crippen molar-refractivity contribution in [2.75, 3.05) is 7.11 Å². The van der Waals surface area contributed by atoms with Gasteiger partial charge in [0, 0.05) is 30.2 Å². The van der Waals surface area contributed by atoms with Gasteiger partial charge in [-0.1, -0.05) is 25.4 Å². The third-order valence-electron chi connectivity index (χ3n) is 2.42. The van der Waals surface area contributed by atoms with Crippen LogP contribution in [0.25, 0.3) is 0 Å². The van der Waals surface area contributed by atoms with Crippen molar-refractivity contribution >= 4 is 11.6 Å². The van der Waals surface area contributed by atoms with E-state index in [9.17, 15) is 5.11 Å². The normalized spacial score (nSPS) is 11.7. The summed E-state index contributed by atoms with van der Waals surface area (Å²) in [5.74, 6) is 1.28. The number of aromatic hydroxyl groups is 1. The molecule has 0 aliphatic rings. The van der Waals surface area contributed by atoms with Gasteiger partial charge in [-0.2, -0.15) is 0 Å². The fraction of sp³-hybridized carbons (Fsp3) is 0.429. The molecule has 0 amide bonds. The standard InChI is InChI=1S/C14H19ClO3/c1-4-6-12(5-2)18-14-10(9-17-3)7-11(15)8-13(14)16/h6-8,16H,4-5,9H2,1-3H3/b12-6+. The molecule has 0 unspecified atom stereocenters. The van der Waals surface area contributed by atoms with Gasteiger partial charge in [0.05, 0.1) is 6.61 Å². The summed E-state index contributed by atoms with van der Waals surface area (Å²) in [5, 5.41) is 10.4. The van der Waals surface area contributed by atoms with Gasteiger partial charge in [-0.15, -0.1) is 0 Å². The Morgan fingerprint density at radius 2 is 2.11 bits per heavy atom. The maximum Gasteiger partial charge on any atom is 0.174 e. The van der Waals surface area contributed by atoms with Gasteiger partial charge in [0.2, 0.25) is 0 Å². The van der Waals surface area contributed by atoms with Crippen LogP contribution in [0.15, 0.2) is 24.0 Å². The van der Waals surface area contributed by atoms with E-state index in [0.29, 0.717) is 17.4 Å². The van der Waals surface area contributed by atoms with Crippen LogP contribution in [0.1, 0.15) is 32.3 Å². The lowest BCUT2D eigenvalue weighted by Crippen LogP contribution is -1.99. The van der Waals surface area contributed by atoms with E-state index in [4.69, 9.17) is 21.1 Å². The number of phenols is 1. The Bertz CT molecular complexity index is 427. The summed E-state index contributed by atoms with van der Waals surface area (Å²) in [4.78, 5) is 0. The number of methoxy groups -OCH3 is 1. The second kappa shape index (κ2) is 7.29. The van der Waals surface area contributed by atoms with Gasteiger partial charge < -0.3 is 14.6 Å². The third kappa shape index (κ3) is 3.93. The fourth-order valence-corrected chi connectivity index (χ4v) is 1.87. The number of halogens is 1. The van der Waals surface area contributed by atoms with E-state index in [2.05, 4.69) is 0 Å². The Balaban J connectivity index is 3.09. The van der Waals surface area contributed by atoms with E-state index in [0.717, 1.165) is 24.2 Å². The molecule has 0 fully saturated rings. The van der Waals surface area contributed by atoms with E-state index >= 15 is 0 Å². The van der Waals surface area contributed by atoms with E-state index in [1.165, 1.54) is 6.07 Å². The lowest BCUT2D eigenvalue weighted by molar-refractivity contribution is 0.181. The second-order valence-electron chi connectivity index (χ2n) is 3.88. The highest BCUT2D eigenvalue weighted by atomic mass is 35.5. The molecular formula is C14H19ClO3. The van der Waals surface area contributed by atoms with Crippen molar-refractivity contribution in [3.63, 3.8) is 0 Å². The van der Waals surface area contributed by atoms with Crippen LogP contribution in [0.5, 0.6) is 11.5 Å². The largest absolute Gasteiger partial charge is 0.504 e. The van der Waals surface area contributed by atoms with E-state index in [-0.39, 0.29) is 5.75 Å². The molecule has 100 valence electrons. The molecule has 1 aromatic rings. The zero-order chi connectivity index (χ0) is 13.5. The Labute approximate surface area is 113 Å². The third-order valence-corrected chi connectivity index (χ3v) is 2.64. The number of hydrogen-bond acceptors (Lipinski definition) is 3. The molecule has 0 radical (unpaired) electrons. The van der Waals surface area contributed by atoms with Gasteiger partial charge in [0.1, 0.15) is 5.76 Å². The lowest BCUT2D eigenvalue weighted by atomic mass is 10.2. The summed E-state index contributed by atoms with van der Waals surface area (Å²) in [6.07, 6.45) is 3.64. The number of benzene rings is 1. The predicted molar refractivity (Wildman–Crippen MR) is 73.1 cm³/mol. The number of allylic oxidation sites excluding steroid dienone is 2. The summed E-state index contributed by atoms with van der Waals surface area (Å²) in [6, 6.07) is 3.20. The zero-order valence-electron chi connectivity index (χ0n) is 11.0. The van der Waals surface area contributed by atoms with Crippen LogP contribution in [0, 0.1) is 0 Å². The Morgan fingerprint density at radius 1 is 1.39 bits per heavy atom. The van der Waals surface area contributed by atoms with Crippen LogP contribution in [0.2, 0.25) is 5.02 Å². The van der Waals surface area contributed by atoms with E-state index in [1.54, 1.807) is 13.2 Å². The Morgan fingerprint density at radius 3 is 2.67 bits per heavy atom. The molecule has 0 spiro atoms. The molecule has 0 bridgehead atoms. The van der Waals surface area contributed by atoms with E-state index in [1.807, 2.05) is 19.9 Å². The van der Waals surface area contributed by atoms with Crippen molar-refractivity contribution in [3.8, 4) is 11.5 Å². The van der Waals surface area contributed by atoms with Gasteiger partial charge in [-0.25, -0.2) is 0 Å². The van der Waals surface area contributed by atoms with Crippen LogP contribution < -0.4 is 4.74 Å². The van der Waals surface area contributed by atoms with Crippen LogP contribution in [-0.4, -0.2) is 12.2 Å². The molecule has 1 aromatic carbocycles. The first kappa shape index (κ1) is 14.9. The van der Waals surface area contributed by atoms with E-state index < -0.39 is 0 Å². The maximum absolute atomic E-state index is 9.92. The summed E-state index contributed by atoms with van der Waals surface area (Å²) >= 11 is 5.90. The molecular weight excluding hydrogens is 252 g/mol. The van der Waals surface area contributed by atoms with Crippen molar-refractivity contribution < 1.29 is 14.6 Å². The topological polar surface area (TPSA) is 38.7 Å². The molecule has 3 nitrogen and oxygen atoms in total. The monoisotopic (exact) mass is 270 g/mol. The molecule has 0 atom stereocenters. The first-order valence-electron chi connectivity index (χ1n) is 5.99. The van der Waals surface area contributed by atoms with Crippen molar-refractivity contribution in [2.45, 2.75) is 33.3 Å². The molecule has 1 rings (SSSR count). The molecule has 0 saturated heterocycles. The van der Waals surface area contributed by atoms with Crippen LogP contribution >= 0.6 is 11.6 Å². The van der Waals surface area contributed by atoms with Crippen molar-refractivity contribution in [3.05, 3.63) is 34.6 Å². The molecule has 0 saturated carbocycles. The molecule has 1 N–H and O–H groups in total. The van der Waals surface area contributed by atoms with Crippen LogP contribution in [0.3, 0.4) is 0 Å². The van der Waals surface area contributed by atoms with Crippen molar-refractivity contribution in [1.82, 2.24) is 0 Å². The average Bonchev–Trinajstić information content (AvgIpc) is 2.32. The van der Waals surface area contributed by atoms with Crippen LogP contribution in [0.4, 0.5) is 0 Å². The summed E-state index contributed by atoms with van der Waals surface area (Å²) in [6.45, 7) is 4.38. The zero-order valence-corrected chi connectivity index (χ0v) is 11.8. The first-order valence-corrected chi connectivity index (χ1v) is 6.37. The van der Waals surface area contributed by atoms with Crippen molar-refractivity contribution in [2.24, 2.45) is 0 Å². The summed E-state index contributed by atoms with van der Waals surface area (Å²) in [5.41, 5.74) is 0.734. The smallest absolute Gasteiger partial charge is 0.174 e. The summed E-state index contributed by atoms with van der Waals surface area (Å²) < 4.78 is 10.8. The van der Waals surface area contributed by atoms with Gasteiger partial charge in [-0.3, -0.25) is 0 Å². The second-order valence-corrected chi connectivity index (χ2v) is 4.32. The van der Waals surface area contributed by atoms with Crippen molar-refractivity contribution in [1.29, 1.82) is 0 Å².